The Morgan fingerprint density at radius 1 is 1.21 bits per heavy atom. The Hall–Kier alpha value is -4.36. The van der Waals surface area contributed by atoms with E-state index in [1.807, 2.05) is 48.5 Å². The number of hydrogen-bond donors (Lipinski definition) is 3. The van der Waals surface area contributed by atoms with Gasteiger partial charge >= 0.3 is 0 Å². The Morgan fingerprint density at radius 3 is 2.74 bits per heavy atom. The number of benzene rings is 2. The van der Waals surface area contributed by atoms with E-state index >= 15 is 0 Å². The Morgan fingerprint density at radius 2 is 2.03 bits per heavy atom. The van der Waals surface area contributed by atoms with Crippen LogP contribution in [0.2, 0.25) is 0 Å². The molecule has 0 bridgehead atoms. The van der Waals surface area contributed by atoms with Crippen LogP contribution in [0.5, 0.6) is 5.75 Å². The van der Waals surface area contributed by atoms with E-state index in [2.05, 4.69) is 21.7 Å². The van der Waals surface area contributed by atoms with E-state index in [9.17, 15) is 19.6 Å². The molecule has 2 aliphatic rings. The zero-order valence-corrected chi connectivity index (χ0v) is 21.7. The van der Waals surface area contributed by atoms with Crippen LogP contribution in [0.25, 0.3) is 10.9 Å². The molecule has 5 rings (SSSR count). The van der Waals surface area contributed by atoms with Crippen LogP contribution in [0.3, 0.4) is 0 Å². The molecule has 4 atom stereocenters. The third-order valence-electron chi connectivity index (χ3n) is 7.38. The molecule has 202 valence electrons. The number of H-pyrrole nitrogens is 1. The lowest BCUT2D eigenvalue weighted by molar-refractivity contribution is -0.126. The Labute approximate surface area is 226 Å². The fourth-order valence-electron chi connectivity index (χ4n) is 5.32. The van der Waals surface area contributed by atoms with Gasteiger partial charge < -0.3 is 30.0 Å². The summed E-state index contributed by atoms with van der Waals surface area (Å²) in [7, 11) is 1.57. The summed E-state index contributed by atoms with van der Waals surface area (Å²) in [4.78, 5) is 43.8. The van der Waals surface area contributed by atoms with Crippen molar-refractivity contribution in [3.63, 3.8) is 0 Å². The van der Waals surface area contributed by atoms with Crippen LogP contribution in [0.1, 0.15) is 35.3 Å². The first-order valence-corrected chi connectivity index (χ1v) is 13.1. The number of nitriles is 1. The van der Waals surface area contributed by atoms with Crippen molar-refractivity contribution in [3.8, 4) is 11.8 Å². The van der Waals surface area contributed by atoms with Gasteiger partial charge in [-0.05, 0) is 36.6 Å². The van der Waals surface area contributed by atoms with E-state index in [4.69, 9.17) is 9.47 Å². The maximum absolute atomic E-state index is 13.7. The fourth-order valence-corrected chi connectivity index (χ4v) is 5.32. The number of likely N-dealkylation sites (tertiary alicyclic amines) is 1. The molecule has 3 heterocycles. The first-order valence-electron chi connectivity index (χ1n) is 13.1. The highest BCUT2D eigenvalue weighted by atomic mass is 16.5. The maximum atomic E-state index is 13.7. The molecule has 3 aromatic rings. The van der Waals surface area contributed by atoms with Crippen molar-refractivity contribution in [1.29, 1.82) is 5.26 Å². The van der Waals surface area contributed by atoms with Crippen LogP contribution in [-0.4, -0.2) is 66.0 Å². The van der Waals surface area contributed by atoms with E-state index < -0.39 is 18.0 Å². The van der Waals surface area contributed by atoms with E-state index in [-0.39, 0.29) is 43.2 Å². The minimum Gasteiger partial charge on any atom is -0.496 e. The lowest BCUT2D eigenvalue weighted by Gasteiger charge is -2.24. The number of rotatable bonds is 9. The van der Waals surface area contributed by atoms with E-state index in [0.29, 0.717) is 31.0 Å². The summed E-state index contributed by atoms with van der Waals surface area (Å²) in [5.74, 6) is -0.573. The number of carbonyl (C=O) groups is 3. The Kier molecular flexibility index (Phi) is 7.79. The summed E-state index contributed by atoms with van der Waals surface area (Å²) in [6, 6.07) is 17.3. The molecule has 10 heteroatoms. The Bertz CT molecular complexity index is 1400. The number of aromatic nitrogens is 1. The number of hydrogen-bond acceptors (Lipinski definition) is 6. The second-order valence-electron chi connectivity index (χ2n) is 9.93. The van der Waals surface area contributed by atoms with E-state index in [1.165, 1.54) is 4.90 Å². The molecule has 0 radical (unpaired) electrons. The molecule has 3 N–H and O–H groups in total. The minimum absolute atomic E-state index is 0.106. The summed E-state index contributed by atoms with van der Waals surface area (Å²) in [5.41, 5.74) is 2.06. The first-order chi connectivity index (χ1) is 19.0. The topological polar surface area (TPSA) is 137 Å². The molecule has 2 aromatic carbocycles. The highest BCUT2D eigenvalue weighted by molar-refractivity contribution is 6.01. The van der Waals surface area contributed by atoms with Gasteiger partial charge in [-0.3, -0.25) is 14.4 Å². The largest absolute Gasteiger partial charge is 0.496 e. The lowest BCUT2D eigenvalue weighted by Crippen LogP contribution is -2.49. The van der Waals surface area contributed by atoms with Crippen LogP contribution in [0.15, 0.2) is 54.6 Å². The third-order valence-corrected chi connectivity index (χ3v) is 7.38. The van der Waals surface area contributed by atoms with Gasteiger partial charge in [-0.1, -0.05) is 36.4 Å². The number of ether oxygens (including phenoxy) is 2. The van der Waals surface area contributed by atoms with Crippen molar-refractivity contribution in [1.82, 2.24) is 20.5 Å². The minimum atomic E-state index is -0.843. The van der Waals surface area contributed by atoms with Crippen molar-refractivity contribution in [2.75, 3.05) is 20.2 Å². The Balaban J connectivity index is 1.35. The fraction of sp³-hybridized carbons (Fsp3) is 0.379. The zero-order chi connectivity index (χ0) is 27.4. The number of nitrogens with zero attached hydrogens (tertiary/aromatic N) is 2. The summed E-state index contributed by atoms with van der Waals surface area (Å²) >= 11 is 0. The molecular weight excluding hydrogens is 498 g/mol. The zero-order valence-electron chi connectivity index (χ0n) is 21.7. The number of aromatic amines is 1. The third kappa shape index (κ3) is 5.73. The average Bonchev–Trinajstić information content (AvgIpc) is 3.70. The van der Waals surface area contributed by atoms with Crippen LogP contribution in [0, 0.1) is 17.2 Å². The van der Waals surface area contributed by atoms with Crippen molar-refractivity contribution >= 4 is 28.6 Å². The van der Waals surface area contributed by atoms with Crippen molar-refractivity contribution < 1.29 is 23.9 Å². The summed E-state index contributed by atoms with van der Waals surface area (Å²) < 4.78 is 11.5. The van der Waals surface area contributed by atoms with Crippen molar-refractivity contribution in [2.45, 2.75) is 44.1 Å². The first kappa shape index (κ1) is 26.3. The number of carbonyl (C=O) groups excluding carboxylic acids is 3. The van der Waals surface area contributed by atoms with Crippen molar-refractivity contribution in [2.24, 2.45) is 5.92 Å². The predicted molar refractivity (Wildman–Crippen MR) is 143 cm³/mol. The molecule has 0 saturated carbocycles. The summed E-state index contributed by atoms with van der Waals surface area (Å²) in [5, 5.41) is 16.0. The average molecular weight is 530 g/mol. The van der Waals surface area contributed by atoms with Gasteiger partial charge in [-0.2, -0.15) is 5.26 Å². The molecule has 0 spiro atoms. The molecule has 39 heavy (non-hydrogen) atoms. The van der Waals surface area contributed by atoms with Gasteiger partial charge in [0.1, 0.15) is 23.5 Å². The van der Waals surface area contributed by atoms with Gasteiger partial charge in [-0.25, -0.2) is 0 Å². The van der Waals surface area contributed by atoms with E-state index in [1.54, 1.807) is 13.2 Å². The highest BCUT2D eigenvalue weighted by Crippen LogP contribution is 2.29. The molecule has 4 unspecified atom stereocenters. The lowest BCUT2D eigenvalue weighted by atomic mass is 9.98. The second kappa shape index (κ2) is 11.6. The molecule has 10 nitrogen and oxygen atoms in total. The van der Waals surface area contributed by atoms with Gasteiger partial charge in [-0.15, -0.1) is 0 Å². The molecule has 2 aliphatic heterocycles. The standard InChI is InChI=1S/C29H31N5O5/c1-38-26-9-5-8-23-22(26)14-24(33-23)29(37)34-16-21(39-17-18-6-3-2-4-7-18)13-25(34)28(36)32-20(15-30)12-19-10-11-31-27(19)35/h2-9,14,19-21,25,33H,10-13,16-17H2,1H3,(H,31,35)(H,32,36). The predicted octanol–water partition coefficient (Wildman–Crippen LogP) is 2.51. The van der Waals surface area contributed by atoms with Gasteiger partial charge in [0.05, 0.1) is 25.9 Å². The van der Waals surface area contributed by atoms with Crippen LogP contribution in [-0.2, 0) is 20.9 Å². The number of nitrogens with one attached hydrogen (secondary N) is 3. The quantitative estimate of drug-likeness (QED) is 0.390. The second-order valence-corrected chi connectivity index (χ2v) is 9.93. The van der Waals surface area contributed by atoms with Gasteiger partial charge in [0.15, 0.2) is 0 Å². The number of amides is 3. The van der Waals surface area contributed by atoms with Gasteiger partial charge in [0.2, 0.25) is 11.8 Å². The molecule has 2 fully saturated rings. The molecule has 3 amide bonds. The van der Waals surface area contributed by atoms with Crippen molar-refractivity contribution in [3.05, 3.63) is 65.9 Å². The maximum Gasteiger partial charge on any atom is 0.271 e. The monoisotopic (exact) mass is 529 g/mol. The van der Waals surface area contributed by atoms with E-state index in [0.717, 1.165) is 16.5 Å². The summed E-state index contributed by atoms with van der Waals surface area (Å²) in [6.07, 6.45) is 0.769. The number of methoxy groups -OCH3 is 1. The molecular formula is C29H31N5O5. The normalized spacial score (nSPS) is 21.4. The molecule has 1 aromatic heterocycles. The summed E-state index contributed by atoms with van der Waals surface area (Å²) in [6.45, 7) is 1.14. The molecule has 0 aliphatic carbocycles. The van der Waals surface area contributed by atoms with Gasteiger partial charge in [0, 0.05) is 36.3 Å². The smallest absolute Gasteiger partial charge is 0.271 e. The van der Waals surface area contributed by atoms with Crippen LogP contribution < -0.4 is 15.4 Å². The van der Waals surface area contributed by atoms with Gasteiger partial charge in [0.25, 0.3) is 5.91 Å². The SMILES string of the molecule is COc1cccc2[nH]c(C(=O)N3CC(OCc4ccccc4)CC3C(=O)NC(C#N)CC3CCNC3=O)cc12. The number of fused-ring (bicyclic) bond motifs is 1. The highest BCUT2D eigenvalue weighted by Gasteiger charge is 2.42. The van der Waals surface area contributed by atoms with Crippen LogP contribution in [0.4, 0.5) is 0 Å². The van der Waals surface area contributed by atoms with Crippen LogP contribution >= 0.6 is 0 Å². The molecule has 2 saturated heterocycles.